The van der Waals surface area contributed by atoms with Crippen LogP contribution in [0.2, 0.25) is 0 Å². The van der Waals surface area contributed by atoms with Crippen LogP contribution in [0.25, 0.3) is 11.3 Å². The number of amides is 2. The second kappa shape index (κ2) is 12.7. The van der Waals surface area contributed by atoms with E-state index in [2.05, 4.69) is 4.98 Å². The standard InChI is InChI=1S/C32H35N5O5/c1-18-12-23(29(34)38)13-19(2)24(18)15-26(33)31(39)37(17-21-10-11-28(42-4)25(14-21)32(40)41)20(3)30-35-16-27(36-30)22-8-6-5-7-9-22/h5-14,16,20,26H,15,17,33H2,1-4H3,(H2,34,38)(H,35,36)(H,40,41)/t20?,26-/m0/s1. The Bertz CT molecular complexity index is 1590. The summed E-state index contributed by atoms with van der Waals surface area (Å²) in [4.78, 5) is 47.1. The Labute approximate surface area is 244 Å². The smallest absolute Gasteiger partial charge is 0.339 e. The van der Waals surface area contributed by atoms with Gasteiger partial charge in [-0.2, -0.15) is 0 Å². The Morgan fingerprint density at radius 2 is 1.71 bits per heavy atom. The number of methoxy groups -OCH3 is 1. The number of carbonyl (C=O) groups excluding carboxylic acids is 2. The summed E-state index contributed by atoms with van der Waals surface area (Å²) in [5.41, 5.74) is 17.1. The molecule has 1 unspecified atom stereocenters. The number of hydrogen-bond acceptors (Lipinski definition) is 6. The molecule has 218 valence electrons. The lowest BCUT2D eigenvalue weighted by Crippen LogP contribution is -2.46. The number of nitrogens with one attached hydrogen (secondary N) is 1. The van der Waals surface area contributed by atoms with Gasteiger partial charge in [-0.25, -0.2) is 9.78 Å². The van der Waals surface area contributed by atoms with Crippen LogP contribution >= 0.6 is 0 Å². The molecule has 0 spiro atoms. The van der Waals surface area contributed by atoms with E-state index in [0.29, 0.717) is 17.0 Å². The summed E-state index contributed by atoms with van der Waals surface area (Å²) in [5, 5.41) is 9.70. The van der Waals surface area contributed by atoms with Crippen LogP contribution in [0.3, 0.4) is 0 Å². The summed E-state index contributed by atoms with van der Waals surface area (Å²) in [6.45, 7) is 5.63. The van der Waals surface area contributed by atoms with Gasteiger partial charge in [0.2, 0.25) is 11.8 Å². The Kier molecular flexibility index (Phi) is 9.07. The highest BCUT2D eigenvalue weighted by molar-refractivity contribution is 5.93. The van der Waals surface area contributed by atoms with Crippen molar-refractivity contribution in [3.63, 3.8) is 0 Å². The average molecular weight is 570 g/mol. The molecule has 2 amide bonds. The van der Waals surface area contributed by atoms with E-state index in [1.165, 1.54) is 13.2 Å². The third-order valence-electron chi connectivity index (χ3n) is 7.38. The van der Waals surface area contributed by atoms with Gasteiger partial charge in [0.1, 0.15) is 17.1 Å². The number of benzene rings is 3. The average Bonchev–Trinajstić information content (AvgIpc) is 3.47. The molecule has 0 saturated carbocycles. The minimum absolute atomic E-state index is 0.00972. The number of aromatic amines is 1. The lowest BCUT2D eigenvalue weighted by molar-refractivity contribution is -0.135. The van der Waals surface area contributed by atoms with Crippen molar-refractivity contribution >= 4 is 17.8 Å². The van der Waals surface area contributed by atoms with E-state index in [1.807, 2.05) is 51.1 Å². The molecule has 1 aromatic heterocycles. The van der Waals surface area contributed by atoms with Crippen LogP contribution in [-0.2, 0) is 17.8 Å². The predicted octanol–water partition coefficient (Wildman–Crippen LogP) is 4.16. The molecule has 42 heavy (non-hydrogen) atoms. The van der Waals surface area contributed by atoms with Crippen LogP contribution < -0.4 is 16.2 Å². The fourth-order valence-electron chi connectivity index (χ4n) is 5.06. The number of aryl methyl sites for hydroxylation is 2. The minimum Gasteiger partial charge on any atom is -0.496 e. The number of carbonyl (C=O) groups is 3. The number of carboxylic acid groups (broad SMARTS) is 1. The van der Waals surface area contributed by atoms with Crippen molar-refractivity contribution in [2.75, 3.05) is 7.11 Å². The number of carboxylic acids is 1. The molecule has 4 aromatic rings. The van der Waals surface area contributed by atoms with Crippen LogP contribution in [0.15, 0.2) is 66.9 Å². The fraction of sp³-hybridized carbons (Fsp3) is 0.250. The van der Waals surface area contributed by atoms with E-state index in [1.54, 1.807) is 35.4 Å². The van der Waals surface area contributed by atoms with Gasteiger partial charge in [0.25, 0.3) is 0 Å². The lowest BCUT2D eigenvalue weighted by Gasteiger charge is -2.31. The van der Waals surface area contributed by atoms with E-state index >= 15 is 0 Å². The molecule has 1 heterocycles. The van der Waals surface area contributed by atoms with Crippen molar-refractivity contribution in [3.8, 4) is 17.0 Å². The van der Waals surface area contributed by atoms with Crippen molar-refractivity contribution < 1.29 is 24.2 Å². The van der Waals surface area contributed by atoms with Gasteiger partial charge in [-0.1, -0.05) is 36.4 Å². The Balaban J connectivity index is 1.68. The van der Waals surface area contributed by atoms with E-state index in [4.69, 9.17) is 21.2 Å². The van der Waals surface area contributed by atoms with Gasteiger partial charge >= 0.3 is 5.97 Å². The van der Waals surface area contributed by atoms with Crippen molar-refractivity contribution in [3.05, 3.63) is 106 Å². The number of imidazole rings is 1. The number of rotatable bonds is 11. The third kappa shape index (κ3) is 6.50. The van der Waals surface area contributed by atoms with Gasteiger partial charge in [-0.15, -0.1) is 0 Å². The molecule has 10 nitrogen and oxygen atoms in total. The van der Waals surface area contributed by atoms with Gasteiger partial charge < -0.3 is 31.2 Å². The maximum atomic E-state index is 14.0. The SMILES string of the molecule is COc1ccc(CN(C(=O)[C@@H](N)Cc2c(C)cc(C(N)=O)cc2C)C(C)c2nc(-c3ccccc3)c[nH]2)cc1C(=O)O. The second-order valence-electron chi connectivity index (χ2n) is 10.3. The zero-order valence-corrected chi connectivity index (χ0v) is 24.0. The summed E-state index contributed by atoms with van der Waals surface area (Å²) in [6.07, 6.45) is 2.02. The Morgan fingerprint density at radius 3 is 2.31 bits per heavy atom. The first-order chi connectivity index (χ1) is 20.0. The minimum atomic E-state index is -1.14. The van der Waals surface area contributed by atoms with Crippen LogP contribution in [0, 0.1) is 13.8 Å². The largest absolute Gasteiger partial charge is 0.496 e. The summed E-state index contributed by atoms with van der Waals surface area (Å²) >= 11 is 0. The van der Waals surface area contributed by atoms with Crippen LogP contribution in [-0.4, -0.2) is 50.9 Å². The second-order valence-corrected chi connectivity index (χ2v) is 10.3. The molecule has 2 atom stereocenters. The normalized spacial score (nSPS) is 12.4. The topological polar surface area (TPSA) is 165 Å². The molecule has 0 fully saturated rings. The maximum absolute atomic E-state index is 14.0. The number of aromatic carboxylic acids is 1. The zero-order valence-electron chi connectivity index (χ0n) is 24.0. The number of nitrogens with two attached hydrogens (primary N) is 2. The maximum Gasteiger partial charge on any atom is 0.339 e. The summed E-state index contributed by atoms with van der Waals surface area (Å²) in [6, 6.07) is 16.4. The molecular weight excluding hydrogens is 534 g/mol. The number of H-pyrrole nitrogens is 1. The highest BCUT2D eigenvalue weighted by Crippen LogP contribution is 2.28. The van der Waals surface area contributed by atoms with Crippen molar-refractivity contribution in [2.45, 2.75) is 45.8 Å². The molecule has 4 rings (SSSR count). The summed E-state index contributed by atoms with van der Waals surface area (Å²) in [5.74, 6) is -1.23. The fourth-order valence-corrected chi connectivity index (χ4v) is 5.06. The van der Waals surface area contributed by atoms with Crippen molar-refractivity contribution in [1.29, 1.82) is 0 Å². The van der Waals surface area contributed by atoms with Gasteiger partial charge in [-0.3, -0.25) is 9.59 Å². The molecular formula is C32H35N5O5. The number of primary amides is 1. The van der Waals surface area contributed by atoms with Crippen molar-refractivity contribution in [2.24, 2.45) is 11.5 Å². The molecule has 0 saturated heterocycles. The number of nitrogens with zero attached hydrogens (tertiary/aromatic N) is 2. The van der Waals surface area contributed by atoms with Crippen LogP contribution in [0.4, 0.5) is 0 Å². The van der Waals surface area contributed by atoms with E-state index in [-0.39, 0.29) is 30.2 Å². The molecule has 0 aliphatic heterocycles. The van der Waals surface area contributed by atoms with Gasteiger partial charge in [0.15, 0.2) is 0 Å². The van der Waals surface area contributed by atoms with E-state index in [0.717, 1.165) is 27.9 Å². The third-order valence-corrected chi connectivity index (χ3v) is 7.38. The first kappa shape index (κ1) is 30.0. The zero-order chi connectivity index (χ0) is 30.6. The molecule has 0 bridgehead atoms. The number of hydrogen-bond donors (Lipinski definition) is 4. The molecule has 3 aromatic carbocycles. The van der Waals surface area contributed by atoms with Crippen LogP contribution in [0.1, 0.15) is 61.8 Å². The number of aromatic nitrogens is 2. The molecule has 0 radical (unpaired) electrons. The van der Waals surface area contributed by atoms with E-state index < -0.39 is 24.0 Å². The quantitative estimate of drug-likeness (QED) is 0.211. The highest BCUT2D eigenvalue weighted by atomic mass is 16.5. The first-order valence-electron chi connectivity index (χ1n) is 13.5. The first-order valence-corrected chi connectivity index (χ1v) is 13.5. The summed E-state index contributed by atoms with van der Waals surface area (Å²) in [7, 11) is 1.40. The molecule has 10 heteroatoms. The number of ether oxygens (including phenoxy) is 1. The van der Waals surface area contributed by atoms with E-state index in [9.17, 15) is 19.5 Å². The molecule has 0 aliphatic carbocycles. The highest BCUT2D eigenvalue weighted by Gasteiger charge is 2.29. The molecule has 0 aliphatic rings. The predicted molar refractivity (Wildman–Crippen MR) is 159 cm³/mol. The Morgan fingerprint density at radius 1 is 1.05 bits per heavy atom. The molecule has 6 N–H and O–H groups in total. The lowest BCUT2D eigenvalue weighted by atomic mass is 9.93. The van der Waals surface area contributed by atoms with Crippen molar-refractivity contribution in [1.82, 2.24) is 14.9 Å². The summed E-state index contributed by atoms with van der Waals surface area (Å²) < 4.78 is 5.20. The van der Waals surface area contributed by atoms with Gasteiger partial charge in [-0.05, 0) is 73.7 Å². The van der Waals surface area contributed by atoms with Gasteiger partial charge in [0, 0.05) is 23.9 Å². The Hall–Kier alpha value is -4.96. The van der Waals surface area contributed by atoms with Crippen LogP contribution in [0.5, 0.6) is 5.75 Å². The monoisotopic (exact) mass is 569 g/mol. The van der Waals surface area contributed by atoms with Gasteiger partial charge in [0.05, 0.1) is 24.9 Å².